The van der Waals surface area contributed by atoms with Gasteiger partial charge in [0.15, 0.2) is 0 Å². The van der Waals surface area contributed by atoms with Crippen molar-refractivity contribution in [2.45, 2.75) is 64.9 Å². The normalized spacial score (nSPS) is 45.9. The summed E-state index contributed by atoms with van der Waals surface area (Å²) in [4.78, 5) is 12.0. The molecule has 4 aliphatic rings. The zero-order chi connectivity index (χ0) is 16.2. The van der Waals surface area contributed by atoms with Crippen molar-refractivity contribution in [1.29, 1.82) is 0 Å². The number of carboxylic acid groups (broad SMARTS) is 1. The average molecular weight is 316 g/mol. The molecule has 0 saturated heterocycles. The Bertz CT molecular complexity index is 590. The molecule has 0 aromatic heterocycles. The Hall–Kier alpha value is -1.09. The topological polar surface area (TPSA) is 46.5 Å². The van der Waals surface area contributed by atoms with Crippen molar-refractivity contribution in [2.75, 3.05) is 6.61 Å². The van der Waals surface area contributed by atoms with Crippen LogP contribution in [0.4, 0.5) is 0 Å². The number of rotatable bonds is 1. The van der Waals surface area contributed by atoms with Crippen molar-refractivity contribution in [1.82, 2.24) is 0 Å². The van der Waals surface area contributed by atoms with E-state index in [2.05, 4.69) is 19.1 Å². The van der Waals surface area contributed by atoms with E-state index < -0.39 is 11.4 Å². The number of ether oxygens (including phenoxy) is 1. The molecular formula is C20H28O3. The Morgan fingerprint density at radius 2 is 2.09 bits per heavy atom. The predicted molar refractivity (Wildman–Crippen MR) is 89.1 cm³/mol. The minimum absolute atomic E-state index is 0.134. The second-order valence-electron chi connectivity index (χ2n) is 8.55. The summed E-state index contributed by atoms with van der Waals surface area (Å²) in [5, 5.41) is 9.88. The van der Waals surface area contributed by atoms with Crippen LogP contribution < -0.4 is 0 Å². The Morgan fingerprint density at radius 3 is 2.87 bits per heavy atom. The molecule has 1 N–H and O–H groups in total. The smallest absolute Gasteiger partial charge is 0.309 e. The number of allylic oxidation sites excluding steroid dienone is 1. The summed E-state index contributed by atoms with van der Waals surface area (Å²) < 4.78 is 5.91. The van der Waals surface area contributed by atoms with Gasteiger partial charge >= 0.3 is 5.97 Å². The molecule has 4 rings (SSSR count). The molecular weight excluding hydrogens is 288 g/mol. The number of hydrogen-bond donors (Lipinski definition) is 1. The number of hydrogen-bond acceptors (Lipinski definition) is 2. The van der Waals surface area contributed by atoms with Crippen molar-refractivity contribution >= 4 is 5.97 Å². The molecule has 0 spiro atoms. The van der Waals surface area contributed by atoms with Gasteiger partial charge in [-0.2, -0.15) is 0 Å². The fourth-order valence-corrected chi connectivity index (χ4v) is 6.18. The molecule has 2 fully saturated rings. The Morgan fingerprint density at radius 1 is 1.26 bits per heavy atom. The lowest BCUT2D eigenvalue weighted by atomic mass is 9.47. The van der Waals surface area contributed by atoms with Crippen molar-refractivity contribution in [3.8, 4) is 0 Å². The molecule has 2 saturated carbocycles. The van der Waals surface area contributed by atoms with E-state index >= 15 is 0 Å². The van der Waals surface area contributed by atoms with Crippen LogP contribution in [0.25, 0.3) is 0 Å². The van der Waals surface area contributed by atoms with E-state index in [1.54, 1.807) is 5.57 Å². The minimum atomic E-state index is -0.596. The van der Waals surface area contributed by atoms with Crippen LogP contribution >= 0.6 is 0 Å². The minimum Gasteiger partial charge on any atom is -0.481 e. The highest BCUT2D eigenvalue weighted by molar-refractivity contribution is 5.75. The van der Waals surface area contributed by atoms with Crippen LogP contribution in [-0.2, 0) is 9.53 Å². The number of carbonyl (C=O) groups is 1. The summed E-state index contributed by atoms with van der Waals surface area (Å²) in [7, 11) is 0. The molecule has 3 heteroatoms. The van der Waals surface area contributed by atoms with Crippen LogP contribution in [0.3, 0.4) is 0 Å². The molecule has 5 atom stereocenters. The first-order chi connectivity index (χ1) is 10.9. The van der Waals surface area contributed by atoms with E-state index in [0.717, 1.165) is 38.7 Å². The van der Waals surface area contributed by atoms with Gasteiger partial charge in [0.2, 0.25) is 0 Å². The van der Waals surface area contributed by atoms with Gasteiger partial charge < -0.3 is 9.84 Å². The molecule has 126 valence electrons. The second kappa shape index (κ2) is 5.20. The molecule has 23 heavy (non-hydrogen) atoms. The van der Waals surface area contributed by atoms with Crippen molar-refractivity contribution in [3.63, 3.8) is 0 Å². The van der Waals surface area contributed by atoms with Crippen LogP contribution in [-0.4, -0.2) is 23.8 Å². The number of aliphatic carboxylic acids is 1. The standard InChI is InChI=1S/C20H28O3/c1-19-9-3-10-20(2,18(21)22)17(19)7-5-14-12-16-13(8-11-23-16)4-6-15(14)19/h5,8,15-17H,3-4,6-7,9-12H2,1-2H3,(H,21,22)/t15-,16-,17-,19+,20-/m0/s1. The molecule has 0 aromatic carbocycles. The third-order valence-electron chi connectivity index (χ3n) is 7.52. The molecule has 1 heterocycles. The van der Waals surface area contributed by atoms with Crippen LogP contribution in [0.2, 0.25) is 0 Å². The zero-order valence-electron chi connectivity index (χ0n) is 14.3. The molecule has 0 aromatic rings. The maximum Gasteiger partial charge on any atom is 0.309 e. The summed E-state index contributed by atoms with van der Waals surface area (Å²) in [6, 6.07) is 0. The van der Waals surface area contributed by atoms with Crippen molar-refractivity contribution in [3.05, 3.63) is 23.3 Å². The summed E-state index contributed by atoms with van der Waals surface area (Å²) in [5.41, 5.74) is 2.60. The number of fused-ring (bicyclic) bond motifs is 4. The third kappa shape index (κ3) is 2.15. The highest BCUT2D eigenvalue weighted by atomic mass is 16.5. The van der Waals surface area contributed by atoms with Gasteiger partial charge in [-0.3, -0.25) is 4.79 Å². The first kappa shape index (κ1) is 15.4. The average Bonchev–Trinajstić information content (AvgIpc) is 2.85. The maximum absolute atomic E-state index is 12.0. The summed E-state index contributed by atoms with van der Waals surface area (Å²) in [6.07, 6.45) is 12.2. The first-order valence-corrected chi connectivity index (χ1v) is 9.18. The van der Waals surface area contributed by atoms with Gasteiger partial charge in [0.05, 0.1) is 18.1 Å². The lowest BCUT2D eigenvalue weighted by molar-refractivity contribution is -0.162. The predicted octanol–water partition coefficient (Wildman–Crippen LogP) is 4.34. The van der Waals surface area contributed by atoms with E-state index in [1.165, 1.54) is 18.4 Å². The van der Waals surface area contributed by atoms with Crippen LogP contribution in [0, 0.1) is 22.7 Å². The van der Waals surface area contributed by atoms with E-state index in [0.29, 0.717) is 12.0 Å². The van der Waals surface area contributed by atoms with Gasteiger partial charge in [0.25, 0.3) is 0 Å². The van der Waals surface area contributed by atoms with E-state index in [9.17, 15) is 9.90 Å². The number of carboxylic acids is 1. The fourth-order valence-electron chi connectivity index (χ4n) is 6.18. The molecule has 3 nitrogen and oxygen atoms in total. The molecule has 0 unspecified atom stereocenters. The van der Waals surface area contributed by atoms with Crippen LogP contribution in [0.15, 0.2) is 23.3 Å². The zero-order valence-corrected chi connectivity index (χ0v) is 14.3. The van der Waals surface area contributed by atoms with Gasteiger partial charge in [-0.15, -0.1) is 0 Å². The SMILES string of the molecule is C[C@]12CCC[C@](C)(C(=O)O)[C@H]1CC=C1C[C@@H]3OCC=C3CC[C@@H]12. The Kier molecular flexibility index (Phi) is 3.49. The summed E-state index contributed by atoms with van der Waals surface area (Å²) >= 11 is 0. The monoisotopic (exact) mass is 316 g/mol. The quantitative estimate of drug-likeness (QED) is 0.732. The van der Waals surface area contributed by atoms with Gasteiger partial charge in [-0.1, -0.05) is 31.1 Å². The Balaban J connectivity index is 1.71. The lowest BCUT2D eigenvalue weighted by Gasteiger charge is -2.56. The van der Waals surface area contributed by atoms with E-state index in [-0.39, 0.29) is 11.3 Å². The van der Waals surface area contributed by atoms with E-state index in [4.69, 9.17) is 4.74 Å². The molecule has 1 aliphatic heterocycles. The van der Waals surface area contributed by atoms with Gasteiger partial charge in [0, 0.05) is 0 Å². The van der Waals surface area contributed by atoms with Gasteiger partial charge in [-0.05, 0) is 68.3 Å². The fraction of sp³-hybridized carbons (Fsp3) is 0.750. The van der Waals surface area contributed by atoms with Crippen LogP contribution in [0.1, 0.15) is 58.8 Å². The van der Waals surface area contributed by atoms with Crippen molar-refractivity contribution in [2.24, 2.45) is 22.7 Å². The van der Waals surface area contributed by atoms with Crippen molar-refractivity contribution < 1.29 is 14.6 Å². The highest BCUT2D eigenvalue weighted by Crippen LogP contribution is 2.62. The summed E-state index contributed by atoms with van der Waals surface area (Å²) in [6.45, 7) is 5.15. The largest absolute Gasteiger partial charge is 0.481 e. The van der Waals surface area contributed by atoms with Gasteiger partial charge in [0.1, 0.15) is 0 Å². The second-order valence-corrected chi connectivity index (χ2v) is 8.55. The van der Waals surface area contributed by atoms with E-state index in [1.807, 2.05) is 6.92 Å². The molecule has 0 amide bonds. The Labute approximate surface area is 138 Å². The lowest BCUT2D eigenvalue weighted by Crippen LogP contribution is -2.52. The summed E-state index contributed by atoms with van der Waals surface area (Å²) in [5.74, 6) is 0.208. The molecule has 0 bridgehead atoms. The third-order valence-corrected chi connectivity index (χ3v) is 7.52. The molecule has 0 radical (unpaired) electrons. The maximum atomic E-state index is 12.0. The molecule has 3 aliphatic carbocycles. The van der Waals surface area contributed by atoms with Crippen LogP contribution in [0.5, 0.6) is 0 Å². The highest BCUT2D eigenvalue weighted by Gasteiger charge is 2.57. The first-order valence-electron chi connectivity index (χ1n) is 9.18. The van der Waals surface area contributed by atoms with Gasteiger partial charge in [-0.25, -0.2) is 0 Å².